The molecule has 2 rings (SSSR count). The summed E-state index contributed by atoms with van der Waals surface area (Å²) in [5.74, 6) is 5.51. The van der Waals surface area contributed by atoms with E-state index in [-0.39, 0.29) is 5.91 Å². The maximum absolute atomic E-state index is 11.2. The second-order valence-corrected chi connectivity index (χ2v) is 5.55. The quantitative estimate of drug-likeness (QED) is 0.504. The maximum atomic E-state index is 11.2. The van der Waals surface area contributed by atoms with Crippen molar-refractivity contribution in [2.45, 2.75) is 25.8 Å². The fraction of sp³-hybridized carbons (Fsp3) is 0.500. The van der Waals surface area contributed by atoms with Crippen LogP contribution in [-0.4, -0.2) is 23.9 Å². The molecule has 0 bridgehead atoms. The molecule has 1 heterocycles. The lowest BCUT2D eigenvalue weighted by Gasteiger charge is -2.31. The van der Waals surface area contributed by atoms with E-state index in [4.69, 9.17) is 17.4 Å². The zero-order valence-electron chi connectivity index (χ0n) is 10.9. The number of carbonyl (C=O) groups excluding carboxylic acids is 1. The van der Waals surface area contributed by atoms with E-state index in [9.17, 15) is 4.79 Å². The van der Waals surface area contributed by atoms with E-state index in [1.54, 1.807) is 0 Å². The highest BCUT2D eigenvalue weighted by atomic mass is 35.5. The van der Waals surface area contributed by atoms with Crippen molar-refractivity contribution < 1.29 is 4.79 Å². The predicted molar refractivity (Wildman–Crippen MR) is 76.4 cm³/mol. The minimum atomic E-state index is -0.0591. The van der Waals surface area contributed by atoms with E-state index < -0.39 is 0 Å². The Bertz CT molecular complexity index is 413. The molecular formula is C14H20ClN3O. The van der Waals surface area contributed by atoms with Crippen molar-refractivity contribution >= 4 is 17.5 Å². The molecule has 1 aliphatic rings. The molecule has 19 heavy (non-hydrogen) atoms. The number of benzene rings is 1. The van der Waals surface area contributed by atoms with Gasteiger partial charge in [0.15, 0.2) is 0 Å². The summed E-state index contributed by atoms with van der Waals surface area (Å²) in [5, 5.41) is 0.773. The molecule has 0 atom stereocenters. The Morgan fingerprint density at radius 3 is 2.53 bits per heavy atom. The van der Waals surface area contributed by atoms with Gasteiger partial charge in [-0.3, -0.25) is 15.1 Å². The van der Waals surface area contributed by atoms with Crippen molar-refractivity contribution in [3.05, 3.63) is 34.9 Å². The van der Waals surface area contributed by atoms with Gasteiger partial charge in [-0.05, 0) is 49.5 Å². The Labute approximate surface area is 118 Å². The Morgan fingerprint density at radius 1 is 1.32 bits per heavy atom. The molecule has 3 N–H and O–H groups in total. The van der Waals surface area contributed by atoms with Crippen LogP contribution >= 0.6 is 11.6 Å². The van der Waals surface area contributed by atoms with Gasteiger partial charge in [0.2, 0.25) is 5.91 Å². The van der Waals surface area contributed by atoms with Crippen LogP contribution in [0.5, 0.6) is 0 Å². The molecule has 0 saturated carbocycles. The van der Waals surface area contributed by atoms with Crippen LogP contribution in [0, 0.1) is 5.92 Å². The summed E-state index contributed by atoms with van der Waals surface area (Å²) >= 11 is 5.87. The molecular weight excluding hydrogens is 262 g/mol. The number of hydrogen-bond acceptors (Lipinski definition) is 3. The molecule has 104 valence electrons. The van der Waals surface area contributed by atoms with Gasteiger partial charge in [0.05, 0.1) is 0 Å². The van der Waals surface area contributed by atoms with E-state index in [0.29, 0.717) is 12.3 Å². The summed E-state index contributed by atoms with van der Waals surface area (Å²) in [6.07, 6.45) is 2.66. The number of hydrazine groups is 1. The van der Waals surface area contributed by atoms with Crippen molar-refractivity contribution in [1.29, 1.82) is 0 Å². The molecule has 1 aromatic carbocycles. The maximum Gasteiger partial charge on any atom is 0.234 e. The number of nitrogens with zero attached hydrogens (tertiary/aromatic N) is 1. The third kappa shape index (κ3) is 4.49. The average Bonchev–Trinajstić information content (AvgIpc) is 2.43. The molecule has 0 radical (unpaired) electrons. The van der Waals surface area contributed by atoms with Crippen LogP contribution in [0.3, 0.4) is 0 Å². The molecule has 5 heteroatoms. The molecule has 1 fully saturated rings. The first-order chi connectivity index (χ1) is 9.17. The summed E-state index contributed by atoms with van der Waals surface area (Å²) in [7, 11) is 0. The van der Waals surface area contributed by atoms with Crippen LogP contribution < -0.4 is 11.3 Å². The molecule has 0 unspecified atom stereocenters. The summed E-state index contributed by atoms with van der Waals surface area (Å²) < 4.78 is 0. The SMILES string of the molecule is NNC(=O)CC1CCN(Cc2ccc(Cl)cc2)CC1. The van der Waals surface area contributed by atoms with Crippen LogP contribution in [-0.2, 0) is 11.3 Å². The van der Waals surface area contributed by atoms with Crippen LogP contribution in [0.15, 0.2) is 24.3 Å². The average molecular weight is 282 g/mol. The lowest BCUT2D eigenvalue weighted by atomic mass is 9.93. The second kappa shape index (κ2) is 6.89. The predicted octanol–water partition coefficient (Wildman–Crippen LogP) is 1.93. The van der Waals surface area contributed by atoms with Crippen LogP contribution in [0.2, 0.25) is 5.02 Å². The van der Waals surface area contributed by atoms with Crippen molar-refractivity contribution in [2.75, 3.05) is 13.1 Å². The Kier molecular flexibility index (Phi) is 5.19. The van der Waals surface area contributed by atoms with Crippen LogP contribution in [0.1, 0.15) is 24.8 Å². The normalized spacial score (nSPS) is 17.4. The third-order valence-electron chi connectivity index (χ3n) is 3.66. The number of amides is 1. The van der Waals surface area contributed by atoms with Gasteiger partial charge in [-0.25, -0.2) is 5.84 Å². The van der Waals surface area contributed by atoms with Gasteiger partial charge in [0.25, 0.3) is 0 Å². The highest BCUT2D eigenvalue weighted by molar-refractivity contribution is 6.30. The zero-order chi connectivity index (χ0) is 13.7. The Balaban J connectivity index is 1.77. The van der Waals surface area contributed by atoms with Crippen LogP contribution in [0.4, 0.5) is 0 Å². The van der Waals surface area contributed by atoms with Gasteiger partial charge in [-0.15, -0.1) is 0 Å². The van der Waals surface area contributed by atoms with E-state index >= 15 is 0 Å². The van der Waals surface area contributed by atoms with E-state index in [0.717, 1.165) is 37.5 Å². The lowest BCUT2D eigenvalue weighted by Crippen LogP contribution is -2.37. The molecule has 1 aliphatic heterocycles. The fourth-order valence-electron chi connectivity index (χ4n) is 2.52. The lowest BCUT2D eigenvalue weighted by molar-refractivity contribution is -0.122. The van der Waals surface area contributed by atoms with Crippen molar-refractivity contribution in [3.8, 4) is 0 Å². The smallest absolute Gasteiger partial charge is 0.234 e. The fourth-order valence-corrected chi connectivity index (χ4v) is 2.64. The first kappa shape index (κ1) is 14.3. The third-order valence-corrected chi connectivity index (χ3v) is 3.91. The minimum absolute atomic E-state index is 0.0591. The highest BCUT2D eigenvalue weighted by Crippen LogP contribution is 2.22. The number of hydrogen-bond donors (Lipinski definition) is 2. The first-order valence-corrected chi connectivity index (χ1v) is 7.01. The van der Waals surface area contributed by atoms with Gasteiger partial charge in [0, 0.05) is 18.0 Å². The van der Waals surface area contributed by atoms with E-state index in [2.05, 4.69) is 22.5 Å². The Morgan fingerprint density at radius 2 is 1.95 bits per heavy atom. The standard InChI is InChI=1S/C14H20ClN3O/c15-13-3-1-12(2-4-13)10-18-7-5-11(6-8-18)9-14(19)17-16/h1-4,11H,5-10,16H2,(H,17,19). The molecule has 0 spiro atoms. The molecule has 1 amide bonds. The number of halogens is 1. The first-order valence-electron chi connectivity index (χ1n) is 6.63. The molecule has 1 aromatic rings. The second-order valence-electron chi connectivity index (χ2n) is 5.12. The molecule has 4 nitrogen and oxygen atoms in total. The summed E-state index contributed by atoms with van der Waals surface area (Å²) in [6, 6.07) is 7.98. The number of carbonyl (C=O) groups is 1. The van der Waals surface area contributed by atoms with Gasteiger partial charge in [0.1, 0.15) is 0 Å². The van der Waals surface area contributed by atoms with Gasteiger partial charge < -0.3 is 0 Å². The van der Waals surface area contributed by atoms with Gasteiger partial charge in [-0.1, -0.05) is 23.7 Å². The molecule has 1 saturated heterocycles. The topological polar surface area (TPSA) is 58.4 Å². The summed E-state index contributed by atoms with van der Waals surface area (Å²) in [4.78, 5) is 13.6. The molecule has 0 aromatic heterocycles. The largest absolute Gasteiger partial charge is 0.299 e. The van der Waals surface area contributed by atoms with Crippen molar-refractivity contribution in [1.82, 2.24) is 10.3 Å². The van der Waals surface area contributed by atoms with Crippen molar-refractivity contribution in [3.63, 3.8) is 0 Å². The van der Waals surface area contributed by atoms with Gasteiger partial charge in [-0.2, -0.15) is 0 Å². The number of rotatable bonds is 4. The number of piperidine rings is 1. The minimum Gasteiger partial charge on any atom is -0.299 e. The van der Waals surface area contributed by atoms with E-state index in [1.165, 1.54) is 5.56 Å². The summed E-state index contributed by atoms with van der Waals surface area (Å²) in [5.41, 5.74) is 3.48. The Hall–Kier alpha value is -1.10. The monoisotopic (exact) mass is 281 g/mol. The van der Waals surface area contributed by atoms with Gasteiger partial charge >= 0.3 is 0 Å². The number of nitrogens with one attached hydrogen (secondary N) is 1. The van der Waals surface area contributed by atoms with E-state index in [1.807, 2.05) is 12.1 Å². The van der Waals surface area contributed by atoms with Crippen molar-refractivity contribution in [2.24, 2.45) is 11.8 Å². The summed E-state index contributed by atoms with van der Waals surface area (Å²) in [6.45, 7) is 3.02. The highest BCUT2D eigenvalue weighted by Gasteiger charge is 2.21. The zero-order valence-corrected chi connectivity index (χ0v) is 11.7. The van der Waals surface area contributed by atoms with Crippen LogP contribution in [0.25, 0.3) is 0 Å². The number of nitrogens with two attached hydrogens (primary N) is 1. The number of likely N-dealkylation sites (tertiary alicyclic amines) is 1. The molecule has 0 aliphatic carbocycles.